The summed E-state index contributed by atoms with van der Waals surface area (Å²) in [6.07, 6.45) is 4.66. The average Bonchev–Trinajstić information content (AvgIpc) is 2.99. The molecule has 3 aliphatic rings. The molecule has 6 nitrogen and oxygen atoms in total. The Labute approximate surface area is 233 Å². The third kappa shape index (κ3) is 4.74. The molecule has 200 valence electrons. The molecule has 0 radical (unpaired) electrons. The number of anilines is 1. The number of nitrogens with zero attached hydrogens (tertiary/aromatic N) is 2. The molecule has 6 rings (SSSR count). The summed E-state index contributed by atoms with van der Waals surface area (Å²) in [5.74, 6) is 1.35. The summed E-state index contributed by atoms with van der Waals surface area (Å²) in [5.41, 5.74) is 4.67. The van der Waals surface area contributed by atoms with E-state index in [2.05, 4.69) is 27.7 Å². The van der Waals surface area contributed by atoms with Crippen molar-refractivity contribution in [3.05, 3.63) is 126 Å². The Hall–Kier alpha value is -4.46. The van der Waals surface area contributed by atoms with Crippen molar-refractivity contribution in [2.24, 2.45) is 0 Å². The van der Waals surface area contributed by atoms with Crippen molar-refractivity contribution in [1.29, 1.82) is 0 Å². The van der Waals surface area contributed by atoms with Crippen LogP contribution in [-0.4, -0.2) is 33.1 Å². The van der Waals surface area contributed by atoms with Crippen LogP contribution >= 0.6 is 0 Å². The number of hydrogen-bond acceptors (Lipinski definition) is 5. The minimum Gasteiger partial charge on any atom is -0.744 e. The van der Waals surface area contributed by atoms with Gasteiger partial charge >= 0.3 is 0 Å². The highest BCUT2D eigenvalue weighted by Crippen LogP contribution is 2.43. The SMILES string of the molecule is CN(c1ccccc1)C1C=Cc2c(oc3cc(=[N+](C)c4ccccc4)ccc-3c2-c2ccccc2S(=O)(=O)[O-])C1. The molecule has 1 aliphatic heterocycles. The molecule has 0 fully saturated rings. The molecule has 0 spiro atoms. The van der Waals surface area contributed by atoms with Crippen LogP contribution in [0.5, 0.6) is 0 Å². The molecular formula is C33H28N2O4S. The van der Waals surface area contributed by atoms with E-state index in [-0.39, 0.29) is 10.9 Å². The van der Waals surface area contributed by atoms with Gasteiger partial charge in [-0.3, -0.25) is 0 Å². The van der Waals surface area contributed by atoms with Crippen molar-refractivity contribution >= 4 is 27.6 Å². The van der Waals surface area contributed by atoms with E-state index in [0.29, 0.717) is 23.3 Å². The first-order valence-corrected chi connectivity index (χ1v) is 14.4. The van der Waals surface area contributed by atoms with Gasteiger partial charge in [-0.2, -0.15) is 4.58 Å². The standard InChI is InChI=1S/C33H28N2O4S/c1-34(23-11-5-3-6-12-23)25-17-19-27-30(21-25)39-31-22-26(35(2)24-13-7-4-8-14-24)18-20-28(31)33(27)29-15-9-10-16-32(29)40(36,37)38/h3-21,26H,22H2,1-2H3. The fourth-order valence-corrected chi connectivity index (χ4v) is 6.06. The fraction of sp³-hybridized carbons (Fsp3) is 0.121. The van der Waals surface area contributed by atoms with Gasteiger partial charge in [-0.25, -0.2) is 8.42 Å². The van der Waals surface area contributed by atoms with E-state index in [1.165, 1.54) is 6.07 Å². The topological polar surface area (TPSA) is 76.6 Å². The molecule has 0 amide bonds. The first-order chi connectivity index (χ1) is 19.3. The van der Waals surface area contributed by atoms with E-state index in [9.17, 15) is 13.0 Å². The minimum absolute atomic E-state index is 0.0256. The van der Waals surface area contributed by atoms with Crippen LogP contribution in [0.2, 0.25) is 0 Å². The number of benzene rings is 4. The molecule has 0 N–H and O–H groups in total. The lowest BCUT2D eigenvalue weighted by Crippen LogP contribution is -2.33. The van der Waals surface area contributed by atoms with Crippen molar-refractivity contribution in [3.8, 4) is 22.5 Å². The minimum atomic E-state index is -4.72. The molecule has 0 saturated heterocycles. The molecule has 40 heavy (non-hydrogen) atoms. The molecule has 0 bridgehead atoms. The van der Waals surface area contributed by atoms with Gasteiger partial charge < -0.3 is 13.9 Å². The third-order valence-electron chi connectivity index (χ3n) is 7.53. The average molecular weight is 549 g/mol. The monoisotopic (exact) mass is 548 g/mol. The maximum atomic E-state index is 12.3. The van der Waals surface area contributed by atoms with Gasteiger partial charge in [-0.15, -0.1) is 0 Å². The molecule has 3 aromatic rings. The number of hydrogen-bond donors (Lipinski definition) is 0. The summed E-state index contributed by atoms with van der Waals surface area (Å²) in [5, 5.41) is 0.919. The zero-order valence-corrected chi connectivity index (χ0v) is 23.0. The summed E-state index contributed by atoms with van der Waals surface area (Å²) in [4.78, 5) is 1.95. The molecule has 1 unspecified atom stereocenters. The van der Waals surface area contributed by atoms with Crippen molar-refractivity contribution in [2.45, 2.75) is 17.4 Å². The highest BCUT2D eigenvalue weighted by molar-refractivity contribution is 7.85. The van der Waals surface area contributed by atoms with Gasteiger partial charge in [0.2, 0.25) is 11.0 Å². The number of rotatable bonds is 5. The van der Waals surface area contributed by atoms with Crippen LogP contribution < -0.4 is 14.8 Å². The second-order valence-corrected chi connectivity index (χ2v) is 11.3. The number of likely N-dealkylation sites (N-methyl/N-ethyl adjacent to an activating group) is 1. The van der Waals surface area contributed by atoms with Crippen molar-refractivity contribution in [3.63, 3.8) is 0 Å². The highest BCUT2D eigenvalue weighted by Gasteiger charge is 2.28. The molecule has 1 atom stereocenters. The third-order valence-corrected chi connectivity index (χ3v) is 8.43. The number of para-hydroxylation sites is 2. The zero-order valence-electron chi connectivity index (χ0n) is 22.2. The molecular weight excluding hydrogens is 520 g/mol. The van der Waals surface area contributed by atoms with Crippen molar-refractivity contribution in [2.75, 3.05) is 19.0 Å². The Bertz CT molecular complexity index is 1880. The van der Waals surface area contributed by atoms with Crippen molar-refractivity contribution in [1.82, 2.24) is 4.58 Å². The Morgan fingerprint density at radius 2 is 1.55 bits per heavy atom. The van der Waals surface area contributed by atoms with Crippen LogP contribution in [0.15, 0.2) is 119 Å². The predicted octanol–water partition coefficient (Wildman–Crippen LogP) is 5.76. The van der Waals surface area contributed by atoms with Gasteiger partial charge in [0.1, 0.15) is 28.7 Å². The summed E-state index contributed by atoms with van der Waals surface area (Å²) in [6, 6.07) is 32.4. The Kier molecular flexibility index (Phi) is 6.62. The Morgan fingerprint density at radius 3 is 2.27 bits per heavy atom. The largest absolute Gasteiger partial charge is 0.744 e. The maximum absolute atomic E-state index is 12.3. The van der Waals surface area contributed by atoms with Gasteiger partial charge in [-0.05, 0) is 24.3 Å². The van der Waals surface area contributed by atoms with Gasteiger partial charge in [-0.1, -0.05) is 66.7 Å². The quantitative estimate of drug-likeness (QED) is 0.206. The van der Waals surface area contributed by atoms with Crippen LogP contribution in [0.1, 0.15) is 11.3 Å². The lowest BCUT2D eigenvalue weighted by Gasteiger charge is -2.31. The van der Waals surface area contributed by atoms with Crippen LogP contribution in [0.25, 0.3) is 28.5 Å². The molecule has 7 heteroatoms. The second-order valence-electron chi connectivity index (χ2n) is 9.92. The van der Waals surface area contributed by atoms with Crippen LogP contribution in [0.3, 0.4) is 0 Å². The molecule has 3 aromatic carbocycles. The van der Waals surface area contributed by atoms with E-state index < -0.39 is 10.1 Å². The fourth-order valence-electron chi connectivity index (χ4n) is 5.38. The lowest BCUT2D eigenvalue weighted by molar-refractivity contribution is 0.463. The van der Waals surface area contributed by atoms with E-state index in [0.717, 1.165) is 33.6 Å². The molecule has 0 aromatic heterocycles. The van der Waals surface area contributed by atoms with Gasteiger partial charge in [0, 0.05) is 59.6 Å². The summed E-state index contributed by atoms with van der Waals surface area (Å²) < 4.78 is 45.6. The maximum Gasteiger partial charge on any atom is 0.209 e. The second kappa shape index (κ2) is 10.3. The van der Waals surface area contributed by atoms with Crippen molar-refractivity contribution < 1.29 is 17.4 Å². The predicted molar refractivity (Wildman–Crippen MR) is 157 cm³/mol. The molecule has 0 saturated carbocycles. The highest BCUT2D eigenvalue weighted by atomic mass is 32.2. The molecule has 1 heterocycles. The summed E-state index contributed by atoms with van der Waals surface area (Å²) >= 11 is 0. The van der Waals surface area contributed by atoms with Gasteiger partial charge in [0.05, 0.1) is 17.0 Å². The normalized spacial score (nSPS) is 15.5. The van der Waals surface area contributed by atoms with Crippen LogP contribution in [-0.2, 0) is 16.5 Å². The zero-order chi connectivity index (χ0) is 27.9. The van der Waals surface area contributed by atoms with Gasteiger partial charge in [0.25, 0.3) is 0 Å². The van der Waals surface area contributed by atoms with Crippen LogP contribution in [0, 0.1) is 0 Å². The first kappa shape index (κ1) is 25.8. The first-order valence-electron chi connectivity index (χ1n) is 13.0. The molecule has 2 aliphatic carbocycles. The summed E-state index contributed by atoms with van der Waals surface area (Å²) in [7, 11) is -0.682. The lowest BCUT2D eigenvalue weighted by atomic mass is 9.87. The smallest absolute Gasteiger partial charge is 0.209 e. The van der Waals surface area contributed by atoms with E-state index >= 15 is 0 Å². The van der Waals surface area contributed by atoms with Gasteiger partial charge in [0.15, 0.2) is 0 Å². The number of fused-ring (bicyclic) bond motifs is 2. The van der Waals surface area contributed by atoms with Crippen LogP contribution in [0.4, 0.5) is 11.4 Å². The van der Waals surface area contributed by atoms with E-state index in [1.807, 2.05) is 86.9 Å². The Morgan fingerprint density at radius 1 is 0.875 bits per heavy atom. The Balaban J connectivity index is 1.59. The summed E-state index contributed by atoms with van der Waals surface area (Å²) in [6.45, 7) is 0. The van der Waals surface area contributed by atoms with E-state index in [4.69, 9.17) is 4.42 Å². The van der Waals surface area contributed by atoms with E-state index in [1.54, 1.807) is 18.2 Å².